The van der Waals surface area contributed by atoms with E-state index in [1.807, 2.05) is 12.1 Å². The summed E-state index contributed by atoms with van der Waals surface area (Å²) in [4.78, 5) is 43.2. The van der Waals surface area contributed by atoms with Gasteiger partial charge < -0.3 is 50.4 Å². The van der Waals surface area contributed by atoms with Crippen LogP contribution in [0.25, 0.3) is 0 Å². The van der Waals surface area contributed by atoms with Crippen LogP contribution in [0.5, 0.6) is 0 Å². The predicted octanol–water partition coefficient (Wildman–Crippen LogP) is -1.61. The van der Waals surface area contributed by atoms with E-state index in [9.17, 15) is 49.8 Å². The molecule has 0 heterocycles. The van der Waals surface area contributed by atoms with Crippen LogP contribution in [0.2, 0.25) is 20.1 Å². The molecule has 4 atom stereocenters. The summed E-state index contributed by atoms with van der Waals surface area (Å²) in [5.74, 6) is -6.72. The van der Waals surface area contributed by atoms with Gasteiger partial charge in [-0.05, 0) is 73.9 Å². The van der Waals surface area contributed by atoms with Crippen molar-refractivity contribution in [1.82, 2.24) is 0 Å². The Labute approximate surface area is 379 Å². The molecule has 0 aliphatic heterocycles. The Hall–Kier alpha value is -0.680. The maximum absolute atomic E-state index is 11.0. The summed E-state index contributed by atoms with van der Waals surface area (Å²) < 4.78 is 0. The molecule has 2 aromatic rings. The molecule has 0 radical (unpaired) electrons. The molecular formula is C36H46Cl4Na2O12. The maximum atomic E-state index is 11.0. The van der Waals surface area contributed by atoms with E-state index in [1.165, 1.54) is 0 Å². The summed E-state index contributed by atoms with van der Waals surface area (Å²) in [6, 6.07) is 10.7. The van der Waals surface area contributed by atoms with Crippen molar-refractivity contribution in [2.24, 2.45) is 0 Å². The maximum Gasteiger partial charge on any atom is 1.00 e. The van der Waals surface area contributed by atoms with E-state index < -0.39 is 73.0 Å². The van der Waals surface area contributed by atoms with Gasteiger partial charge in [0.25, 0.3) is 0 Å². The summed E-state index contributed by atoms with van der Waals surface area (Å²) in [5, 5.41) is 80.9. The third-order valence-corrected chi connectivity index (χ3v) is 9.49. The largest absolute Gasteiger partial charge is 1.00 e. The molecule has 54 heavy (non-hydrogen) atoms. The van der Waals surface area contributed by atoms with Crippen molar-refractivity contribution in [3.8, 4) is 0 Å². The molecule has 0 amide bonds. The Morgan fingerprint density at radius 1 is 0.574 bits per heavy atom. The van der Waals surface area contributed by atoms with Gasteiger partial charge in [-0.15, -0.1) is 0 Å². The molecule has 0 fully saturated rings. The summed E-state index contributed by atoms with van der Waals surface area (Å²) in [6.45, 7) is 0. The third-order valence-electron chi connectivity index (χ3n) is 8.31. The molecule has 0 saturated heterocycles. The molecule has 0 spiro atoms. The standard InChI is InChI=1S/2C18H24Cl2O6.2Na/c2*19-13-8-7-12(15(20)9-13)5-3-1-2-4-6-14(21)10-18(26,17(24)25)11-16(22)23;;/h2*7-9,14,21,26H,1-6,10-11H2,(H,22,23)(H,24,25);;/q;;2*+1/p-2/t2*14-,18+;;/m00../s1. The fourth-order valence-corrected chi connectivity index (χ4v) is 6.48. The first-order valence-corrected chi connectivity index (χ1v) is 18.3. The number of aliphatic hydroxyl groups is 4. The number of halogens is 4. The zero-order valence-corrected chi connectivity index (χ0v) is 37.6. The van der Waals surface area contributed by atoms with Crippen molar-refractivity contribution in [1.29, 1.82) is 0 Å². The number of hydrogen-bond acceptors (Lipinski definition) is 10. The summed E-state index contributed by atoms with van der Waals surface area (Å²) in [7, 11) is 0. The minimum atomic E-state index is -2.51. The van der Waals surface area contributed by atoms with Crippen LogP contribution in [0, 0.1) is 0 Å². The smallest absolute Gasteiger partial charge is 0.550 e. The Bertz CT molecular complexity index is 1360. The minimum absolute atomic E-state index is 0. The number of unbranched alkanes of at least 4 members (excludes halogenated alkanes) is 6. The first-order valence-electron chi connectivity index (χ1n) is 16.8. The normalized spacial score (nSPS) is 14.1. The molecule has 0 aliphatic rings. The third kappa shape index (κ3) is 22.9. The Kier molecular flexibility index (Phi) is 29.4. The van der Waals surface area contributed by atoms with Crippen LogP contribution in [-0.2, 0) is 32.0 Å². The molecule has 0 aliphatic carbocycles. The number of aryl methyl sites for hydroxylation is 2. The van der Waals surface area contributed by atoms with Gasteiger partial charge in [0.2, 0.25) is 0 Å². The summed E-state index contributed by atoms with van der Waals surface area (Å²) in [6.07, 6.45) is 3.29. The van der Waals surface area contributed by atoms with Crippen LogP contribution in [0.3, 0.4) is 0 Å². The van der Waals surface area contributed by atoms with Crippen molar-refractivity contribution in [3.05, 3.63) is 67.6 Å². The Morgan fingerprint density at radius 2 is 0.889 bits per heavy atom. The first kappa shape index (κ1) is 55.4. The van der Waals surface area contributed by atoms with Crippen molar-refractivity contribution < 1.29 is 119 Å². The second-order valence-electron chi connectivity index (χ2n) is 12.9. The Morgan fingerprint density at radius 3 is 1.17 bits per heavy atom. The first-order chi connectivity index (χ1) is 24.3. The second kappa shape index (κ2) is 28.7. The number of hydrogen-bond donors (Lipinski definition) is 6. The topological polar surface area (TPSA) is 236 Å². The number of carbonyl (C=O) groups excluding carboxylic acids is 2. The number of carboxylic acid groups (broad SMARTS) is 4. The number of carbonyl (C=O) groups is 4. The number of rotatable bonds is 24. The van der Waals surface area contributed by atoms with Gasteiger partial charge in [0, 0.05) is 57.7 Å². The van der Waals surface area contributed by atoms with Gasteiger partial charge in [0.05, 0.1) is 12.2 Å². The SMILES string of the molecule is O=C([O-])C[C@](O)(C[C@@H](O)CCCCCCc1ccc(Cl)cc1Cl)C(=O)O.O=C([O-])C[C@](O)(C[C@@H](O)CCCCCCc1ccc(Cl)cc1Cl)C(=O)O.[Na+].[Na+]. The predicted molar refractivity (Wildman–Crippen MR) is 192 cm³/mol. The molecule has 0 aromatic heterocycles. The van der Waals surface area contributed by atoms with Crippen molar-refractivity contribution in [2.45, 2.75) is 126 Å². The monoisotopic (exact) mass is 856 g/mol. The van der Waals surface area contributed by atoms with Gasteiger partial charge in [0.15, 0.2) is 11.2 Å². The molecular weight excluding hydrogens is 812 g/mol. The van der Waals surface area contributed by atoms with E-state index in [1.54, 1.807) is 24.3 Å². The molecule has 0 saturated carbocycles. The van der Waals surface area contributed by atoms with Gasteiger partial charge in [-0.25, -0.2) is 9.59 Å². The van der Waals surface area contributed by atoms with Crippen LogP contribution < -0.4 is 69.3 Å². The van der Waals surface area contributed by atoms with Crippen LogP contribution >= 0.6 is 46.4 Å². The van der Waals surface area contributed by atoms with Gasteiger partial charge >= 0.3 is 71.1 Å². The van der Waals surface area contributed by atoms with Gasteiger partial charge in [-0.2, -0.15) is 0 Å². The number of benzene rings is 2. The number of aliphatic hydroxyl groups excluding tert-OH is 2. The summed E-state index contributed by atoms with van der Waals surface area (Å²) in [5.41, 5.74) is -2.98. The van der Waals surface area contributed by atoms with E-state index in [4.69, 9.17) is 56.6 Å². The molecule has 12 nitrogen and oxygen atoms in total. The van der Waals surface area contributed by atoms with Gasteiger partial charge in [-0.1, -0.05) is 97.1 Å². The average molecular weight is 859 g/mol. The quantitative estimate of drug-likeness (QED) is 0.0518. The number of aliphatic carboxylic acids is 4. The van der Waals surface area contributed by atoms with Crippen LogP contribution in [0.4, 0.5) is 0 Å². The Balaban J connectivity index is 0. The fraction of sp³-hybridized carbons (Fsp3) is 0.556. The van der Waals surface area contributed by atoms with E-state index in [0.717, 1.165) is 62.5 Å². The van der Waals surface area contributed by atoms with Crippen molar-refractivity contribution in [2.75, 3.05) is 0 Å². The van der Waals surface area contributed by atoms with Crippen molar-refractivity contribution in [3.63, 3.8) is 0 Å². The molecule has 0 bridgehead atoms. The van der Waals surface area contributed by atoms with Crippen LogP contribution in [-0.4, -0.2) is 77.9 Å². The van der Waals surface area contributed by atoms with E-state index in [2.05, 4.69) is 0 Å². The van der Waals surface area contributed by atoms with Gasteiger partial charge in [-0.3, -0.25) is 0 Å². The van der Waals surface area contributed by atoms with Crippen LogP contribution in [0.15, 0.2) is 36.4 Å². The fourth-order valence-electron chi connectivity index (χ4n) is 5.48. The van der Waals surface area contributed by atoms with Gasteiger partial charge in [0.1, 0.15) is 0 Å². The summed E-state index contributed by atoms with van der Waals surface area (Å²) >= 11 is 23.9. The molecule has 2 aromatic carbocycles. The number of carboxylic acids is 4. The van der Waals surface area contributed by atoms with E-state index >= 15 is 0 Å². The zero-order chi connectivity index (χ0) is 39.5. The second-order valence-corrected chi connectivity index (χ2v) is 14.6. The van der Waals surface area contributed by atoms with Crippen LogP contribution in [0.1, 0.15) is 101 Å². The zero-order valence-electron chi connectivity index (χ0n) is 30.6. The molecule has 18 heteroatoms. The minimum Gasteiger partial charge on any atom is -0.550 e. The molecule has 6 N–H and O–H groups in total. The molecule has 292 valence electrons. The van der Waals surface area contributed by atoms with E-state index in [-0.39, 0.29) is 72.0 Å². The van der Waals surface area contributed by atoms with Crippen molar-refractivity contribution >= 4 is 70.3 Å². The molecule has 0 unspecified atom stereocenters. The average Bonchev–Trinajstić information content (AvgIpc) is 3.01. The van der Waals surface area contributed by atoms with E-state index in [0.29, 0.717) is 32.9 Å². The molecule has 2 rings (SSSR count).